The summed E-state index contributed by atoms with van der Waals surface area (Å²) >= 11 is 0. The molecule has 0 spiro atoms. The molecule has 0 radical (unpaired) electrons. The number of likely N-dealkylation sites (tertiary alicyclic amines) is 1. The van der Waals surface area contributed by atoms with Crippen LogP contribution >= 0.6 is 0 Å². The maximum Gasteiger partial charge on any atom is 0.254 e. The molecule has 1 aliphatic heterocycles. The van der Waals surface area contributed by atoms with Gasteiger partial charge in [-0.2, -0.15) is 0 Å². The van der Waals surface area contributed by atoms with E-state index in [1.807, 2.05) is 0 Å². The lowest BCUT2D eigenvalue weighted by atomic mass is 9.96. The molecule has 1 amide bonds. The van der Waals surface area contributed by atoms with Gasteiger partial charge in [-0.25, -0.2) is 4.98 Å². The molecule has 1 aromatic heterocycles. The lowest BCUT2D eigenvalue weighted by Crippen LogP contribution is -2.29. The number of hydrogen-bond acceptors (Lipinski definition) is 4. The lowest BCUT2D eigenvalue weighted by molar-refractivity contribution is 0.0778. The van der Waals surface area contributed by atoms with Gasteiger partial charge in [0.1, 0.15) is 6.10 Å². The highest BCUT2D eigenvalue weighted by Gasteiger charge is 2.27. The van der Waals surface area contributed by atoms with Crippen LogP contribution in [0, 0.1) is 5.92 Å². The Hall–Kier alpha value is -1.62. The topological polar surface area (TPSA) is 62.7 Å². The SMILES string of the molecule is O=C(c1ccnc(OC2CCC2)c1)N1CCC(CO)C1. The van der Waals surface area contributed by atoms with Crippen LogP contribution in [0.1, 0.15) is 36.0 Å². The van der Waals surface area contributed by atoms with Crippen LogP contribution in [-0.2, 0) is 0 Å². The second kappa shape index (κ2) is 5.79. The zero-order chi connectivity index (χ0) is 13.9. The molecule has 0 aromatic carbocycles. The predicted octanol–water partition coefficient (Wildman–Crippen LogP) is 1.47. The van der Waals surface area contributed by atoms with E-state index in [1.54, 1.807) is 23.2 Å². The average Bonchev–Trinajstić information content (AvgIpc) is 2.91. The van der Waals surface area contributed by atoms with E-state index in [0.717, 1.165) is 19.3 Å². The Labute approximate surface area is 118 Å². The van der Waals surface area contributed by atoms with Gasteiger partial charge in [-0.3, -0.25) is 4.79 Å². The van der Waals surface area contributed by atoms with Gasteiger partial charge in [0.2, 0.25) is 5.88 Å². The zero-order valence-corrected chi connectivity index (χ0v) is 11.5. The van der Waals surface area contributed by atoms with Crippen molar-refractivity contribution in [1.29, 1.82) is 0 Å². The van der Waals surface area contributed by atoms with Crippen molar-refractivity contribution in [2.24, 2.45) is 5.92 Å². The quantitative estimate of drug-likeness (QED) is 0.904. The maximum atomic E-state index is 12.4. The molecule has 1 aromatic rings. The third-order valence-corrected chi connectivity index (χ3v) is 4.15. The number of aliphatic hydroxyl groups is 1. The summed E-state index contributed by atoms with van der Waals surface area (Å²) in [5.74, 6) is 0.756. The first-order chi connectivity index (χ1) is 9.76. The third kappa shape index (κ3) is 2.77. The van der Waals surface area contributed by atoms with Crippen molar-refractivity contribution in [3.8, 4) is 5.88 Å². The Bertz CT molecular complexity index is 488. The Morgan fingerprint density at radius 1 is 1.45 bits per heavy atom. The minimum absolute atomic E-state index is 0.00168. The molecule has 0 bridgehead atoms. The largest absolute Gasteiger partial charge is 0.474 e. The molecule has 1 aliphatic carbocycles. The summed E-state index contributed by atoms with van der Waals surface area (Å²) in [6.45, 7) is 1.50. The van der Waals surface area contributed by atoms with Crippen LogP contribution in [0.4, 0.5) is 0 Å². The highest BCUT2D eigenvalue weighted by molar-refractivity contribution is 5.94. The lowest BCUT2D eigenvalue weighted by Gasteiger charge is -2.25. The van der Waals surface area contributed by atoms with Crippen molar-refractivity contribution in [1.82, 2.24) is 9.88 Å². The predicted molar refractivity (Wildman–Crippen MR) is 73.6 cm³/mol. The fourth-order valence-electron chi connectivity index (χ4n) is 2.62. The third-order valence-electron chi connectivity index (χ3n) is 4.15. The first-order valence-electron chi connectivity index (χ1n) is 7.29. The van der Waals surface area contributed by atoms with Crippen LogP contribution in [0.25, 0.3) is 0 Å². The molecule has 1 saturated carbocycles. The Balaban J connectivity index is 1.66. The molecule has 2 fully saturated rings. The number of ether oxygens (including phenoxy) is 1. The standard InChI is InChI=1S/C15H20N2O3/c18-10-11-5-7-17(9-11)15(19)12-4-6-16-14(8-12)20-13-2-1-3-13/h4,6,8,11,13,18H,1-3,5,7,9-10H2. The highest BCUT2D eigenvalue weighted by Crippen LogP contribution is 2.25. The van der Waals surface area contributed by atoms with E-state index >= 15 is 0 Å². The fourth-order valence-corrected chi connectivity index (χ4v) is 2.62. The van der Waals surface area contributed by atoms with Crippen LogP contribution in [0.15, 0.2) is 18.3 Å². The van der Waals surface area contributed by atoms with E-state index in [4.69, 9.17) is 9.84 Å². The molecule has 2 heterocycles. The number of nitrogens with zero attached hydrogens (tertiary/aromatic N) is 2. The van der Waals surface area contributed by atoms with E-state index in [-0.39, 0.29) is 24.5 Å². The van der Waals surface area contributed by atoms with Gasteiger partial charge < -0.3 is 14.7 Å². The minimum Gasteiger partial charge on any atom is -0.474 e. The second-order valence-electron chi connectivity index (χ2n) is 5.64. The number of aliphatic hydroxyl groups excluding tert-OH is 1. The minimum atomic E-state index is 0.00168. The zero-order valence-electron chi connectivity index (χ0n) is 11.5. The van der Waals surface area contributed by atoms with Gasteiger partial charge in [0, 0.05) is 43.4 Å². The van der Waals surface area contributed by atoms with Gasteiger partial charge in [0.25, 0.3) is 5.91 Å². The Morgan fingerprint density at radius 3 is 2.95 bits per heavy atom. The highest BCUT2D eigenvalue weighted by atomic mass is 16.5. The van der Waals surface area contributed by atoms with Crippen molar-refractivity contribution in [3.63, 3.8) is 0 Å². The Morgan fingerprint density at radius 2 is 2.30 bits per heavy atom. The molecular weight excluding hydrogens is 256 g/mol. The summed E-state index contributed by atoms with van der Waals surface area (Å²) in [5, 5.41) is 9.14. The van der Waals surface area contributed by atoms with Crippen molar-refractivity contribution < 1.29 is 14.6 Å². The molecule has 1 unspecified atom stereocenters. The average molecular weight is 276 g/mol. The van der Waals surface area contributed by atoms with Crippen LogP contribution in [-0.4, -0.2) is 46.7 Å². The molecular formula is C15H20N2O3. The van der Waals surface area contributed by atoms with E-state index in [9.17, 15) is 4.79 Å². The normalized spacial score (nSPS) is 22.6. The van der Waals surface area contributed by atoms with Crippen molar-refractivity contribution in [3.05, 3.63) is 23.9 Å². The maximum absolute atomic E-state index is 12.4. The van der Waals surface area contributed by atoms with Gasteiger partial charge in [-0.05, 0) is 31.7 Å². The van der Waals surface area contributed by atoms with Gasteiger partial charge in [-0.1, -0.05) is 0 Å². The monoisotopic (exact) mass is 276 g/mol. The van der Waals surface area contributed by atoms with Gasteiger partial charge in [0.15, 0.2) is 0 Å². The molecule has 1 N–H and O–H groups in total. The second-order valence-corrected chi connectivity index (χ2v) is 5.64. The number of aromatic nitrogens is 1. The van der Waals surface area contributed by atoms with Crippen LogP contribution < -0.4 is 4.74 Å². The van der Waals surface area contributed by atoms with E-state index in [1.165, 1.54) is 6.42 Å². The van der Waals surface area contributed by atoms with Gasteiger partial charge in [-0.15, -0.1) is 0 Å². The molecule has 108 valence electrons. The number of carbonyl (C=O) groups excluding carboxylic acids is 1. The molecule has 20 heavy (non-hydrogen) atoms. The summed E-state index contributed by atoms with van der Waals surface area (Å²) in [5.41, 5.74) is 0.618. The number of pyridine rings is 1. The summed E-state index contributed by atoms with van der Waals surface area (Å²) in [6, 6.07) is 3.45. The Kier molecular flexibility index (Phi) is 3.87. The van der Waals surface area contributed by atoms with Crippen molar-refractivity contribution in [2.45, 2.75) is 31.8 Å². The van der Waals surface area contributed by atoms with E-state index in [0.29, 0.717) is 24.5 Å². The van der Waals surface area contributed by atoms with Crippen molar-refractivity contribution in [2.75, 3.05) is 19.7 Å². The summed E-state index contributed by atoms with van der Waals surface area (Å²) in [7, 11) is 0. The van der Waals surface area contributed by atoms with Crippen LogP contribution in [0.3, 0.4) is 0 Å². The smallest absolute Gasteiger partial charge is 0.254 e. The first-order valence-corrected chi connectivity index (χ1v) is 7.29. The van der Waals surface area contributed by atoms with Crippen molar-refractivity contribution >= 4 is 5.91 Å². The number of rotatable bonds is 4. The molecule has 1 saturated heterocycles. The number of carbonyl (C=O) groups is 1. The van der Waals surface area contributed by atoms with Gasteiger partial charge >= 0.3 is 0 Å². The number of hydrogen-bond donors (Lipinski definition) is 1. The summed E-state index contributed by atoms with van der Waals surface area (Å²) in [4.78, 5) is 18.4. The van der Waals surface area contributed by atoms with E-state index < -0.39 is 0 Å². The number of amides is 1. The van der Waals surface area contributed by atoms with E-state index in [2.05, 4.69) is 4.98 Å². The van der Waals surface area contributed by atoms with Gasteiger partial charge in [0.05, 0.1) is 0 Å². The molecule has 5 nitrogen and oxygen atoms in total. The summed E-state index contributed by atoms with van der Waals surface area (Å²) in [6.07, 6.45) is 6.12. The molecule has 5 heteroatoms. The fraction of sp³-hybridized carbons (Fsp3) is 0.600. The van der Waals surface area contributed by atoms with Crippen LogP contribution in [0.5, 0.6) is 5.88 Å². The summed E-state index contributed by atoms with van der Waals surface area (Å²) < 4.78 is 5.72. The molecule has 1 atom stereocenters. The first kappa shape index (κ1) is 13.4. The molecule has 3 rings (SSSR count). The molecule has 2 aliphatic rings. The van der Waals surface area contributed by atoms with Crippen LogP contribution in [0.2, 0.25) is 0 Å².